The number of rotatable bonds is 3. The second kappa shape index (κ2) is 5.76. The zero-order valence-electron chi connectivity index (χ0n) is 12.6. The Balaban J connectivity index is 1.55. The predicted octanol–water partition coefficient (Wildman–Crippen LogP) is 3.16. The molecule has 5 heteroatoms. The summed E-state index contributed by atoms with van der Waals surface area (Å²) in [4.78, 5) is 11.0. The van der Waals surface area contributed by atoms with Gasteiger partial charge in [0.2, 0.25) is 0 Å². The Kier molecular flexibility index (Phi) is 3.46. The first-order chi connectivity index (χ1) is 11.3. The van der Waals surface area contributed by atoms with Gasteiger partial charge in [-0.25, -0.2) is 0 Å². The lowest BCUT2D eigenvalue weighted by atomic mass is 9.92. The molecule has 0 radical (unpaired) electrons. The van der Waals surface area contributed by atoms with Gasteiger partial charge in [0.25, 0.3) is 12.2 Å². The highest BCUT2D eigenvalue weighted by Crippen LogP contribution is 2.31. The zero-order valence-corrected chi connectivity index (χ0v) is 12.6. The van der Waals surface area contributed by atoms with Gasteiger partial charge in [0.05, 0.1) is 0 Å². The smallest absolute Gasteiger partial charge is 0.279 e. The van der Waals surface area contributed by atoms with Gasteiger partial charge in [-0.05, 0) is 24.2 Å². The van der Waals surface area contributed by atoms with Crippen molar-refractivity contribution in [1.29, 1.82) is 0 Å². The van der Waals surface area contributed by atoms with E-state index in [9.17, 15) is 0 Å². The summed E-state index contributed by atoms with van der Waals surface area (Å²) in [6.07, 6.45) is -0.679. The topological polar surface area (TPSA) is 52.4 Å². The van der Waals surface area contributed by atoms with E-state index in [2.05, 4.69) is 10.3 Å². The minimum Gasteiger partial charge on any atom is -0.432 e. The third kappa shape index (κ3) is 2.54. The number of nitrogens with zero attached hydrogens (tertiary/aromatic N) is 2. The highest BCUT2D eigenvalue weighted by Gasteiger charge is 2.44. The van der Waals surface area contributed by atoms with Gasteiger partial charge in [-0.1, -0.05) is 53.7 Å². The van der Waals surface area contributed by atoms with E-state index in [0.717, 1.165) is 16.8 Å². The van der Waals surface area contributed by atoms with Crippen LogP contribution in [0.2, 0.25) is 0 Å². The van der Waals surface area contributed by atoms with Crippen molar-refractivity contribution in [2.24, 2.45) is 16.2 Å². The van der Waals surface area contributed by atoms with Crippen LogP contribution in [0.15, 0.2) is 71.0 Å². The van der Waals surface area contributed by atoms with Crippen molar-refractivity contribution >= 4 is 11.6 Å². The van der Waals surface area contributed by atoms with Crippen molar-refractivity contribution in [1.82, 2.24) is 0 Å². The molecule has 2 heterocycles. The molecule has 0 unspecified atom stereocenters. The van der Waals surface area contributed by atoms with Gasteiger partial charge in [0, 0.05) is 11.1 Å². The standard InChI is InChI=1S/C18H16N2O3/c1-12-15(16(19-22-12)13-8-4-2-5-9-13)18-21-17(20-23-18)14-10-6-3-7-11-14/h2-12,15,18H,1H3/t12-,15-,18-/m0/s1. The van der Waals surface area contributed by atoms with Crippen LogP contribution in [0.4, 0.5) is 0 Å². The molecule has 0 saturated carbocycles. The van der Waals surface area contributed by atoms with Crippen LogP contribution in [0.5, 0.6) is 0 Å². The minimum atomic E-state index is -0.540. The lowest BCUT2D eigenvalue weighted by molar-refractivity contribution is -0.0948. The fourth-order valence-corrected chi connectivity index (χ4v) is 2.79. The highest BCUT2D eigenvalue weighted by atomic mass is 16.8. The average Bonchev–Trinajstić information content (AvgIpc) is 3.23. The molecule has 0 fully saturated rings. The van der Waals surface area contributed by atoms with Crippen molar-refractivity contribution in [3.8, 4) is 0 Å². The SMILES string of the molecule is C[C@@H]1ON=C(c2ccccc2)[C@H]1[C@@H]1ON=C(c2ccccc2)O1. The fraction of sp³-hybridized carbons (Fsp3) is 0.222. The first-order valence-electron chi connectivity index (χ1n) is 7.58. The molecule has 0 aromatic heterocycles. The van der Waals surface area contributed by atoms with Crippen LogP contribution < -0.4 is 0 Å². The number of oxime groups is 2. The molecule has 0 aliphatic carbocycles. The van der Waals surface area contributed by atoms with E-state index < -0.39 is 6.29 Å². The van der Waals surface area contributed by atoms with Crippen LogP contribution in [0.3, 0.4) is 0 Å². The van der Waals surface area contributed by atoms with Gasteiger partial charge in [0.1, 0.15) is 17.7 Å². The molecule has 116 valence electrons. The monoisotopic (exact) mass is 308 g/mol. The number of benzene rings is 2. The zero-order chi connectivity index (χ0) is 15.6. The van der Waals surface area contributed by atoms with Crippen LogP contribution in [-0.4, -0.2) is 24.0 Å². The summed E-state index contributed by atoms with van der Waals surface area (Å²) in [5, 5.41) is 8.29. The van der Waals surface area contributed by atoms with Gasteiger partial charge in [0.15, 0.2) is 0 Å². The maximum absolute atomic E-state index is 5.92. The largest absolute Gasteiger partial charge is 0.432 e. The predicted molar refractivity (Wildman–Crippen MR) is 86.0 cm³/mol. The van der Waals surface area contributed by atoms with Crippen molar-refractivity contribution in [3.05, 3.63) is 71.8 Å². The quantitative estimate of drug-likeness (QED) is 0.875. The van der Waals surface area contributed by atoms with Gasteiger partial charge < -0.3 is 14.4 Å². The summed E-state index contributed by atoms with van der Waals surface area (Å²) in [5.74, 6) is 0.351. The summed E-state index contributed by atoms with van der Waals surface area (Å²) < 4.78 is 5.92. The van der Waals surface area contributed by atoms with Crippen molar-refractivity contribution in [2.75, 3.05) is 0 Å². The molecule has 2 aliphatic rings. The Bertz CT molecular complexity index is 743. The molecule has 5 nitrogen and oxygen atoms in total. The molecule has 0 bridgehead atoms. The van der Waals surface area contributed by atoms with Crippen LogP contribution in [0.1, 0.15) is 18.1 Å². The molecule has 3 atom stereocenters. The van der Waals surface area contributed by atoms with E-state index in [1.54, 1.807) is 0 Å². The van der Waals surface area contributed by atoms with Gasteiger partial charge >= 0.3 is 0 Å². The third-order valence-corrected chi connectivity index (χ3v) is 3.99. The summed E-state index contributed by atoms with van der Waals surface area (Å²) >= 11 is 0. The van der Waals surface area contributed by atoms with E-state index in [1.165, 1.54) is 0 Å². The van der Waals surface area contributed by atoms with Crippen LogP contribution in [0, 0.1) is 5.92 Å². The van der Waals surface area contributed by atoms with Crippen LogP contribution >= 0.6 is 0 Å². The maximum Gasteiger partial charge on any atom is 0.279 e. The van der Waals surface area contributed by atoms with Gasteiger partial charge in [-0.2, -0.15) is 0 Å². The van der Waals surface area contributed by atoms with Crippen molar-refractivity contribution in [2.45, 2.75) is 19.3 Å². The first kappa shape index (κ1) is 13.8. The normalized spacial score (nSPS) is 25.9. The first-order valence-corrected chi connectivity index (χ1v) is 7.58. The molecule has 2 aliphatic heterocycles. The Labute approximate surface area is 134 Å². The maximum atomic E-state index is 5.92. The van der Waals surface area contributed by atoms with Crippen LogP contribution in [0.25, 0.3) is 0 Å². The molecule has 0 amide bonds. The van der Waals surface area contributed by atoms with Crippen molar-refractivity contribution < 1.29 is 14.4 Å². The Morgan fingerprint density at radius 2 is 1.43 bits per heavy atom. The summed E-state index contributed by atoms with van der Waals surface area (Å²) in [7, 11) is 0. The van der Waals surface area contributed by atoms with E-state index in [4.69, 9.17) is 14.4 Å². The molecule has 2 aromatic carbocycles. The number of ether oxygens (including phenoxy) is 1. The minimum absolute atomic E-state index is 0.137. The summed E-state index contributed by atoms with van der Waals surface area (Å²) in [6, 6.07) is 19.6. The van der Waals surface area contributed by atoms with Crippen molar-refractivity contribution in [3.63, 3.8) is 0 Å². The van der Waals surface area contributed by atoms with Gasteiger partial charge in [-0.15, -0.1) is 0 Å². The summed E-state index contributed by atoms with van der Waals surface area (Å²) in [5.41, 5.74) is 2.72. The summed E-state index contributed by atoms with van der Waals surface area (Å²) in [6.45, 7) is 1.96. The lowest BCUT2D eigenvalue weighted by Gasteiger charge is -2.20. The molecule has 23 heavy (non-hydrogen) atoms. The highest BCUT2D eigenvalue weighted by molar-refractivity contribution is 6.03. The Morgan fingerprint density at radius 3 is 2.13 bits per heavy atom. The number of hydrogen-bond acceptors (Lipinski definition) is 5. The van der Waals surface area contributed by atoms with E-state index in [0.29, 0.717) is 5.90 Å². The van der Waals surface area contributed by atoms with Gasteiger partial charge in [-0.3, -0.25) is 0 Å². The second-order valence-electron chi connectivity index (χ2n) is 5.53. The number of hydrogen-bond donors (Lipinski definition) is 0. The van der Waals surface area contributed by atoms with E-state index >= 15 is 0 Å². The van der Waals surface area contributed by atoms with E-state index in [1.807, 2.05) is 67.6 Å². The molecule has 0 saturated heterocycles. The lowest BCUT2D eigenvalue weighted by Crippen LogP contribution is -2.35. The second-order valence-corrected chi connectivity index (χ2v) is 5.53. The Hall–Kier alpha value is -2.82. The average molecular weight is 308 g/mol. The van der Waals surface area contributed by atoms with Crippen LogP contribution in [-0.2, 0) is 14.4 Å². The molecule has 4 rings (SSSR count). The molecular formula is C18H16N2O3. The third-order valence-electron chi connectivity index (χ3n) is 3.99. The Morgan fingerprint density at radius 1 is 0.783 bits per heavy atom. The molecule has 2 aromatic rings. The molecule has 0 spiro atoms. The molecule has 0 N–H and O–H groups in total. The fourth-order valence-electron chi connectivity index (χ4n) is 2.79. The molecular weight excluding hydrogens is 292 g/mol. The van der Waals surface area contributed by atoms with E-state index in [-0.39, 0.29) is 12.0 Å².